The Morgan fingerprint density at radius 1 is 1.29 bits per heavy atom. The summed E-state index contributed by atoms with van der Waals surface area (Å²) < 4.78 is 12.7. The maximum atomic E-state index is 12.7. The third-order valence-electron chi connectivity index (χ3n) is 2.96. The van der Waals surface area contributed by atoms with Crippen molar-refractivity contribution in [3.8, 4) is 0 Å². The second-order valence-electron chi connectivity index (χ2n) is 4.24. The molecule has 78 valence electrons. The molecule has 0 radical (unpaired) electrons. The van der Waals surface area contributed by atoms with E-state index in [1.54, 1.807) is 0 Å². The molecule has 1 aromatic carbocycles. The zero-order chi connectivity index (χ0) is 10.8. The van der Waals surface area contributed by atoms with Crippen LogP contribution in [0.25, 0.3) is 0 Å². The average molecular weight is 195 g/mol. The van der Waals surface area contributed by atoms with Gasteiger partial charge in [-0.2, -0.15) is 0 Å². The van der Waals surface area contributed by atoms with Gasteiger partial charge in [-0.3, -0.25) is 0 Å². The summed E-state index contributed by atoms with van der Waals surface area (Å²) in [6.45, 7) is 6.25. The van der Waals surface area contributed by atoms with Crippen molar-refractivity contribution in [2.45, 2.75) is 38.6 Å². The van der Waals surface area contributed by atoms with E-state index in [0.717, 1.165) is 12.0 Å². The van der Waals surface area contributed by atoms with Gasteiger partial charge in [-0.05, 0) is 24.1 Å². The van der Waals surface area contributed by atoms with E-state index in [1.165, 1.54) is 12.1 Å². The van der Waals surface area contributed by atoms with Gasteiger partial charge in [0.05, 0.1) is 0 Å². The molecule has 0 spiro atoms. The minimum atomic E-state index is -0.199. The van der Waals surface area contributed by atoms with E-state index in [9.17, 15) is 4.39 Å². The van der Waals surface area contributed by atoms with Gasteiger partial charge in [-0.1, -0.05) is 32.9 Å². The topological polar surface area (TPSA) is 26.0 Å². The van der Waals surface area contributed by atoms with Gasteiger partial charge in [-0.25, -0.2) is 4.39 Å². The number of benzene rings is 1. The molecule has 0 unspecified atom stereocenters. The van der Waals surface area contributed by atoms with E-state index >= 15 is 0 Å². The number of rotatable bonds is 3. The maximum absolute atomic E-state index is 12.7. The monoisotopic (exact) mass is 195 g/mol. The highest BCUT2D eigenvalue weighted by Gasteiger charge is 2.26. The summed E-state index contributed by atoms with van der Waals surface area (Å²) in [4.78, 5) is 0. The first-order valence-corrected chi connectivity index (χ1v) is 5.00. The molecule has 0 saturated carbocycles. The first kappa shape index (κ1) is 11.2. The third-order valence-corrected chi connectivity index (χ3v) is 2.96. The Morgan fingerprint density at radius 3 is 2.21 bits per heavy atom. The predicted molar refractivity (Wildman–Crippen MR) is 57.7 cm³/mol. The van der Waals surface area contributed by atoms with Gasteiger partial charge in [0.2, 0.25) is 0 Å². The summed E-state index contributed by atoms with van der Waals surface area (Å²) in [6, 6.07) is 6.70. The fraction of sp³-hybridized carbons (Fsp3) is 0.500. The van der Waals surface area contributed by atoms with Crippen LogP contribution in [-0.2, 0) is 5.41 Å². The molecule has 0 heterocycles. The molecule has 0 aliphatic heterocycles. The van der Waals surface area contributed by atoms with Crippen molar-refractivity contribution in [2.24, 2.45) is 5.73 Å². The quantitative estimate of drug-likeness (QED) is 0.788. The van der Waals surface area contributed by atoms with Crippen LogP contribution in [-0.4, -0.2) is 6.04 Å². The minimum Gasteiger partial charge on any atom is -0.327 e. The van der Waals surface area contributed by atoms with Crippen LogP contribution in [0.15, 0.2) is 24.3 Å². The van der Waals surface area contributed by atoms with E-state index in [0.29, 0.717) is 0 Å². The van der Waals surface area contributed by atoms with Crippen LogP contribution in [0, 0.1) is 5.82 Å². The van der Waals surface area contributed by atoms with E-state index in [-0.39, 0.29) is 17.3 Å². The van der Waals surface area contributed by atoms with Crippen molar-refractivity contribution in [3.63, 3.8) is 0 Å². The van der Waals surface area contributed by atoms with Crippen molar-refractivity contribution in [1.29, 1.82) is 0 Å². The van der Waals surface area contributed by atoms with Crippen molar-refractivity contribution >= 4 is 0 Å². The molecule has 0 aliphatic rings. The number of hydrogen-bond donors (Lipinski definition) is 1. The zero-order valence-electron chi connectivity index (χ0n) is 9.05. The Kier molecular flexibility index (Phi) is 3.27. The number of hydrogen-bond acceptors (Lipinski definition) is 1. The van der Waals surface area contributed by atoms with Crippen molar-refractivity contribution in [3.05, 3.63) is 35.6 Å². The largest absolute Gasteiger partial charge is 0.327 e. The van der Waals surface area contributed by atoms with Gasteiger partial charge in [0, 0.05) is 11.5 Å². The van der Waals surface area contributed by atoms with Crippen LogP contribution in [0.2, 0.25) is 0 Å². The van der Waals surface area contributed by atoms with Crippen LogP contribution < -0.4 is 5.73 Å². The lowest BCUT2D eigenvalue weighted by molar-refractivity contribution is 0.399. The molecule has 0 saturated heterocycles. The Hall–Kier alpha value is -0.890. The fourth-order valence-electron chi connectivity index (χ4n) is 1.60. The van der Waals surface area contributed by atoms with Crippen LogP contribution in [0.5, 0.6) is 0 Å². The molecule has 0 aliphatic carbocycles. The van der Waals surface area contributed by atoms with Gasteiger partial charge in [0.1, 0.15) is 5.82 Å². The van der Waals surface area contributed by atoms with Crippen molar-refractivity contribution < 1.29 is 4.39 Å². The minimum absolute atomic E-state index is 0.0948. The van der Waals surface area contributed by atoms with E-state index < -0.39 is 0 Å². The second kappa shape index (κ2) is 4.09. The normalized spacial score (nSPS) is 14.1. The summed E-state index contributed by atoms with van der Waals surface area (Å²) >= 11 is 0. The summed E-state index contributed by atoms with van der Waals surface area (Å²) in [5.74, 6) is -0.199. The highest BCUT2D eigenvalue weighted by Crippen LogP contribution is 2.27. The number of halogens is 1. The molecule has 0 fully saturated rings. The van der Waals surface area contributed by atoms with Crippen LogP contribution in [0.1, 0.15) is 32.8 Å². The van der Waals surface area contributed by atoms with Crippen molar-refractivity contribution in [1.82, 2.24) is 0 Å². The summed E-state index contributed by atoms with van der Waals surface area (Å²) in [7, 11) is 0. The molecule has 0 aromatic heterocycles. The third kappa shape index (κ3) is 2.13. The van der Waals surface area contributed by atoms with Gasteiger partial charge in [0.15, 0.2) is 0 Å². The van der Waals surface area contributed by atoms with Crippen molar-refractivity contribution in [2.75, 3.05) is 0 Å². The van der Waals surface area contributed by atoms with Gasteiger partial charge in [-0.15, -0.1) is 0 Å². The lowest BCUT2D eigenvalue weighted by Crippen LogP contribution is -2.40. The molecule has 1 nitrogen and oxygen atoms in total. The Balaban J connectivity index is 2.97. The fourth-order valence-corrected chi connectivity index (χ4v) is 1.60. The predicted octanol–water partition coefficient (Wildman–Crippen LogP) is 2.84. The SMILES string of the molecule is CC[C@@H](N)C(C)(C)c1ccc(F)cc1. The van der Waals surface area contributed by atoms with Crippen LogP contribution in [0.3, 0.4) is 0 Å². The molecule has 1 atom stereocenters. The summed E-state index contributed by atoms with van der Waals surface area (Å²) in [5.41, 5.74) is 7.02. The summed E-state index contributed by atoms with van der Waals surface area (Å²) in [6.07, 6.45) is 0.921. The van der Waals surface area contributed by atoms with Crippen LogP contribution >= 0.6 is 0 Å². The molecular formula is C12H18FN. The smallest absolute Gasteiger partial charge is 0.123 e. The Morgan fingerprint density at radius 2 is 1.79 bits per heavy atom. The zero-order valence-corrected chi connectivity index (χ0v) is 9.05. The van der Waals surface area contributed by atoms with Gasteiger partial charge >= 0.3 is 0 Å². The first-order valence-electron chi connectivity index (χ1n) is 5.00. The highest BCUT2D eigenvalue weighted by atomic mass is 19.1. The second-order valence-corrected chi connectivity index (χ2v) is 4.24. The molecule has 14 heavy (non-hydrogen) atoms. The molecular weight excluding hydrogens is 177 g/mol. The molecule has 2 heteroatoms. The highest BCUT2D eigenvalue weighted by molar-refractivity contribution is 5.26. The Labute approximate surface area is 85.1 Å². The van der Waals surface area contributed by atoms with E-state index in [2.05, 4.69) is 20.8 Å². The number of nitrogens with two attached hydrogens (primary N) is 1. The van der Waals surface area contributed by atoms with Gasteiger partial charge < -0.3 is 5.73 Å². The molecule has 1 aromatic rings. The molecule has 0 bridgehead atoms. The van der Waals surface area contributed by atoms with E-state index in [4.69, 9.17) is 5.73 Å². The summed E-state index contributed by atoms with van der Waals surface area (Å²) in [5, 5.41) is 0. The molecule has 2 N–H and O–H groups in total. The lowest BCUT2D eigenvalue weighted by atomic mass is 9.77. The average Bonchev–Trinajstić information content (AvgIpc) is 2.17. The maximum Gasteiger partial charge on any atom is 0.123 e. The standard InChI is InChI=1S/C12H18FN/c1-4-11(14)12(2,3)9-5-7-10(13)8-6-9/h5-8,11H,4,14H2,1-3H3/t11-/m1/s1. The van der Waals surface area contributed by atoms with Crippen LogP contribution in [0.4, 0.5) is 4.39 Å². The van der Waals surface area contributed by atoms with Gasteiger partial charge in [0.25, 0.3) is 0 Å². The molecule has 1 rings (SSSR count). The molecule has 0 amide bonds. The Bertz CT molecular complexity index is 290. The first-order chi connectivity index (χ1) is 6.48. The van der Waals surface area contributed by atoms with E-state index in [1.807, 2.05) is 12.1 Å². The lowest BCUT2D eigenvalue weighted by Gasteiger charge is -2.31.